The van der Waals surface area contributed by atoms with Gasteiger partial charge in [-0.15, -0.1) is 0 Å². The van der Waals surface area contributed by atoms with E-state index in [2.05, 4.69) is 37.5 Å². The second-order valence-corrected chi connectivity index (χ2v) is 6.72. The van der Waals surface area contributed by atoms with Crippen molar-refractivity contribution in [3.63, 3.8) is 0 Å². The van der Waals surface area contributed by atoms with Gasteiger partial charge in [0.25, 0.3) is 0 Å². The topological polar surface area (TPSA) is 93.1 Å². The van der Waals surface area contributed by atoms with Gasteiger partial charge in [0.15, 0.2) is 5.82 Å². The van der Waals surface area contributed by atoms with Gasteiger partial charge in [0, 0.05) is 38.0 Å². The van der Waals surface area contributed by atoms with Crippen LogP contribution in [0.2, 0.25) is 0 Å². The van der Waals surface area contributed by atoms with E-state index in [0.717, 1.165) is 19.6 Å². The van der Waals surface area contributed by atoms with Crippen LogP contribution in [-0.2, 0) is 12.8 Å². The number of benzene rings is 1. The number of hydrogen-bond acceptors (Lipinski definition) is 8. The van der Waals surface area contributed by atoms with E-state index in [1.165, 1.54) is 6.07 Å². The molecule has 3 aromatic rings. The predicted octanol–water partition coefficient (Wildman–Crippen LogP) is 1.93. The fraction of sp³-hybridized carbons (Fsp3) is 0.444. The molecule has 1 aromatic carbocycles. The molecule has 0 aliphatic carbocycles. The summed E-state index contributed by atoms with van der Waals surface area (Å²) in [6.07, 6.45) is 0.975. The first kappa shape index (κ1) is 17.7. The molecule has 0 spiro atoms. The first-order valence-electron chi connectivity index (χ1n) is 8.92. The average molecular weight is 372 g/mol. The summed E-state index contributed by atoms with van der Waals surface area (Å²) in [7, 11) is 2.05. The lowest BCUT2D eigenvalue weighted by atomic mass is 10.1. The van der Waals surface area contributed by atoms with E-state index in [1.54, 1.807) is 19.1 Å². The maximum Gasteiger partial charge on any atom is 0.227 e. The fourth-order valence-corrected chi connectivity index (χ4v) is 3.02. The molecule has 2 aromatic heterocycles. The Hall–Kier alpha value is -2.65. The van der Waals surface area contributed by atoms with Gasteiger partial charge in [-0.05, 0) is 25.6 Å². The van der Waals surface area contributed by atoms with Gasteiger partial charge in [0.2, 0.25) is 17.6 Å². The third-order valence-corrected chi connectivity index (χ3v) is 4.74. The molecule has 1 saturated heterocycles. The average Bonchev–Trinajstić information content (AvgIpc) is 3.32. The molecular formula is C18H21FN6O2. The van der Waals surface area contributed by atoms with Crippen LogP contribution in [0.4, 0.5) is 4.39 Å². The Kier molecular flexibility index (Phi) is 4.95. The van der Waals surface area contributed by atoms with Gasteiger partial charge in [0.1, 0.15) is 5.82 Å². The quantitative estimate of drug-likeness (QED) is 0.726. The fourth-order valence-electron chi connectivity index (χ4n) is 3.02. The van der Waals surface area contributed by atoms with Crippen molar-refractivity contribution >= 4 is 0 Å². The molecule has 1 N–H and O–H groups in total. The summed E-state index contributed by atoms with van der Waals surface area (Å²) in [6, 6.07) is 4.98. The Morgan fingerprint density at radius 2 is 1.96 bits per heavy atom. The van der Waals surface area contributed by atoms with Crippen LogP contribution in [0.3, 0.4) is 0 Å². The van der Waals surface area contributed by atoms with Gasteiger partial charge in [-0.25, -0.2) is 4.39 Å². The number of likely N-dealkylation sites (N-methyl/N-ethyl adjacent to an activating group) is 1. The summed E-state index contributed by atoms with van der Waals surface area (Å²) >= 11 is 0. The summed E-state index contributed by atoms with van der Waals surface area (Å²) in [6.45, 7) is 4.41. The summed E-state index contributed by atoms with van der Waals surface area (Å²) < 4.78 is 24.3. The van der Waals surface area contributed by atoms with Crippen LogP contribution in [-0.4, -0.2) is 51.9 Å². The van der Waals surface area contributed by atoms with E-state index in [0.29, 0.717) is 47.4 Å². The third kappa shape index (κ3) is 3.88. The number of rotatable bonds is 5. The summed E-state index contributed by atoms with van der Waals surface area (Å²) in [5.74, 6) is 1.73. The lowest BCUT2D eigenvalue weighted by molar-refractivity contribution is 0.190. The SMILES string of the molecule is Cc1ccc(-c2noc(CCc3nc(C4CNCCN4C)no3)n2)cc1F. The molecule has 1 aliphatic rings. The number of halogens is 1. The highest BCUT2D eigenvalue weighted by molar-refractivity contribution is 5.54. The second kappa shape index (κ2) is 7.53. The molecule has 0 radical (unpaired) electrons. The molecule has 0 amide bonds. The molecule has 142 valence electrons. The Balaban J connectivity index is 1.39. The van der Waals surface area contributed by atoms with Gasteiger partial charge < -0.3 is 14.4 Å². The first-order valence-corrected chi connectivity index (χ1v) is 8.92. The highest BCUT2D eigenvalue weighted by atomic mass is 19.1. The van der Waals surface area contributed by atoms with Crippen LogP contribution >= 0.6 is 0 Å². The van der Waals surface area contributed by atoms with Crippen LogP contribution in [0.25, 0.3) is 11.4 Å². The van der Waals surface area contributed by atoms with Crippen molar-refractivity contribution in [2.24, 2.45) is 0 Å². The van der Waals surface area contributed by atoms with E-state index < -0.39 is 0 Å². The normalized spacial score (nSPS) is 18.1. The van der Waals surface area contributed by atoms with Crippen molar-refractivity contribution in [3.05, 3.63) is 47.2 Å². The van der Waals surface area contributed by atoms with Crippen molar-refractivity contribution in [2.45, 2.75) is 25.8 Å². The van der Waals surface area contributed by atoms with Gasteiger partial charge in [-0.3, -0.25) is 4.90 Å². The largest absolute Gasteiger partial charge is 0.339 e. The molecule has 0 saturated carbocycles. The van der Waals surface area contributed by atoms with Crippen LogP contribution in [0, 0.1) is 12.7 Å². The van der Waals surface area contributed by atoms with Crippen molar-refractivity contribution in [2.75, 3.05) is 26.7 Å². The molecule has 4 rings (SSSR count). The Labute approximate surface area is 155 Å². The first-order chi connectivity index (χ1) is 13.1. The Morgan fingerprint density at radius 1 is 1.19 bits per heavy atom. The predicted molar refractivity (Wildman–Crippen MR) is 94.4 cm³/mol. The molecule has 9 heteroatoms. The molecule has 1 atom stereocenters. The van der Waals surface area contributed by atoms with E-state index in [4.69, 9.17) is 9.05 Å². The zero-order valence-electron chi connectivity index (χ0n) is 15.3. The number of hydrogen-bond donors (Lipinski definition) is 1. The molecule has 1 fully saturated rings. The summed E-state index contributed by atoms with van der Waals surface area (Å²) in [5.41, 5.74) is 1.16. The number of aryl methyl sites for hydroxylation is 3. The van der Waals surface area contributed by atoms with Crippen LogP contribution < -0.4 is 5.32 Å². The second-order valence-electron chi connectivity index (χ2n) is 6.72. The molecule has 3 heterocycles. The number of aromatic nitrogens is 4. The van der Waals surface area contributed by atoms with Gasteiger partial charge in [0.05, 0.1) is 6.04 Å². The minimum Gasteiger partial charge on any atom is -0.339 e. The molecular weight excluding hydrogens is 351 g/mol. The minimum atomic E-state index is -0.292. The molecule has 0 bridgehead atoms. The summed E-state index contributed by atoms with van der Waals surface area (Å²) in [4.78, 5) is 11.0. The Bertz CT molecular complexity index is 924. The number of nitrogens with one attached hydrogen (secondary N) is 1. The molecule has 8 nitrogen and oxygen atoms in total. The van der Waals surface area contributed by atoms with Crippen molar-refractivity contribution < 1.29 is 13.4 Å². The van der Waals surface area contributed by atoms with Crippen molar-refractivity contribution in [3.8, 4) is 11.4 Å². The highest BCUT2D eigenvalue weighted by Gasteiger charge is 2.25. The smallest absolute Gasteiger partial charge is 0.227 e. The van der Waals surface area contributed by atoms with Gasteiger partial charge in [-0.2, -0.15) is 9.97 Å². The van der Waals surface area contributed by atoms with Gasteiger partial charge in [-0.1, -0.05) is 22.4 Å². The summed E-state index contributed by atoms with van der Waals surface area (Å²) in [5, 5.41) is 11.4. The highest BCUT2D eigenvalue weighted by Crippen LogP contribution is 2.20. The third-order valence-electron chi connectivity index (χ3n) is 4.74. The number of piperazine rings is 1. The Morgan fingerprint density at radius 3 is 2.74 bits per heavy atom. The van der Waals surface area contributed by atoms with E-state index >= 15 is 0 Å². The molecule has 1 unspecified atom stereocenters. The van der Waals surface area contributed by atoms with E-state index in [1.807, 2.05) is 0 Å². The lowest BCUT2D eigenvalue weighted by Gasteiger charge is -2.30. The molecule has 1 aliphatic heterocycles. The van der Waals surface area contributed by atoms with Crippen LogP contribution in [0.15, 0.2) is 27.2 Å². The maximum absolute atomic E-state index is 13.7. The number of nitrogens with zero attached hydrogens (tertiary/aromatic N) is 5. The zero-order valence-corrected chi connectivity index (χ0v) is 15.3. The maximum atomic E-state index is 13.7. The minimum absolute atomic E-state index is 0.114. The zero-order chi connectivity index (χ0) is 18.8. The van der Waals surface area contributed by atoms with Crippen molar-refractivity contribution in [1.29, 1.82) is 0 Å². The van der Waals surface area contributed by atoms with Crippen LogP contribution in [0.5, 0.6) is 0 Å². The monoisotopic (exact) mass is 372 g/mol. The van der Waals surface area contributed by atoms with E-state index in [-0.39, 0.29) is 11.9 Å². The van der Waals surface area contributed by atoms with Crippen LogP contribution in [0.1, 0.15) is 29.2 Å². The van der Waals surface area contributed by atoms with E-state index in [9.17, 15) is 4.39 Å². The lowest BCUT2D eigenvalue weighted by Crippen LogP contribution is -2.44. The van der Waals surface area contributed by atoms with Crippen molar-refractivity contribution in [1.82, 2.24) is 30.5 Å². The standard InChI is InChI=1S/C18H21FN6O2/c1-11-3-4-12(9-13(11)19)17-21-15(26-23-17)5-6-16-22-18(24-27-16)14-10-20-7-8-25(14)2/h3-4,9,14,20H,5-8,10H2,1-2H3. The molecule has 27 heavy (non-hydrogen) atoms. The van der Waals surface area contributed by atoms with Gasteiger partial charge >= 0.3 is 0 Å².